The molecule has 0 saturated carbocycles. The Labute approximate surface area is 219 Å². The second kappa shape index (κ2) is 12.6. The van der Waals surface area contributed by atoms with Gasteiger partial charge in [-0.05, 0) is 31.4 Å². The summed E-state index contributed by atoms with van der Waals surface area (Å²) in [5.41, 5.74) is 3.28. The predicted octanol–water partition coefficient (Wildman–Crippen LogP) is 4.59. The van der Waals surface area contributed by atoms with Gasteiger partial charge in [-0.25, -0.2) is 4.99 Å². The second-order valence-electron chi connectivity index (χ2n) is 8.16. The molecule has 3 aromatic rings. The maximum Gasteiger partial charge on any atom is 0.191 e. The number of rotatable bonds is 7. The number of aliphatic imine (C=N–C) groups is 1. The summed E-state index contributed by atoms with van der Waals surface area (Å²) in [5, 5.41) is 8.17. The van der Waals surface area contributed by atoms with Gasteiger partial charge in [-0.2, -0.15) is 0 Å². The number of methoxy groups -OCH3 is 2. The molecular weight excluding hydrogens is 541 g/mol. The molecule has 1 aliphatic rings. The van der Waals surface area contributed by atoms with Crippen LogP contribution in [0.1, 0.15) is 25.3 Å². The van der Waals surface area contributed by atoms with Crippen molar-refractivity contribution in [2.24, 2.45) is 4.99 Å². The summed E-state index contributed by atoms with van der Waals surface area (Å²) in [4.78, 5) is 11.8. The molecular formula is C26H34IN5O2. The number of nitrogens with one attached hydrogen (secondary N) is 2. The van der Waals surface area contributed by atoms with Crippen LogP contribution in [0.15, 0.2) is 59.7 Å². The van der Waals surface area contributed by atoms with Crippen molar-refractivity contribution >= 4 is 46.5 Å². The van der Waals surface area contributed by atoms with Gasteiger partial charge in [0.15, 0.2) is 5.96 Å². The van der Waals surface area contributed by atoms with Crippen molar-refractivity contribution in [1.82, 2.24) is 15.6 Å². The molecule has 2 N–H and O–H groups in total. The number of guanidine groups is 1. The summed E-state index contributed by atoms with van der Waals surface area (Å²) in [6, 6.07) is 16.7. The lowest BCUT2D eigenvalue weighted by atomic mass is 10.0. The first-order valence-corrected chi connectivity index (χ1v) is 11.6. The fourth-order valence-corrected chi connectivity index (χ4v) is 4.23. The number of piperidine rings is 1. The van der Waals surface area contributed by atoms with Gasteiger partial charge in [-0.3, -0.25) is 4.98 Å². The molecule has 1 aromatic heterocycles. The highest BCUT2D eigenvalue weighted by Gasteiger charge is 2.21. The molecule has 182 valence electrons. The lowest BCUT2D eigenvalue weighted by molar-refractivity contribution is 0.393. The Morgan fingerprint density at radius 1 is 1.06 bits per heavy atom. The summed E-state index contributed by atoms with van der Waals surface area (Å²) in [6.45, 7) is 5.42. The first-order valence-electron chi connectivity index (χ1n) is 11.6. The second-order valence-corrected chi connectivity index (χ2v) is 8.16. The number of ether oxygens (including phenoxy) is 2. The van der Waals surface area contributed by atoms with E-state index in [-0.39, 0.29) is 24.0 Å². The zero-order chi connectivity index (χ0) is 23.0. The quantitative estimate of drug-likeness (QED) is 0.244. The number of aromatic nitrogens is 1. The molecule has 1 aliphatic heterocycles. The summed E-state index contributed by atoms with van der Waals surface area (Å²) in [6.07, 6.45) is 3.89. The molecule has 0 bridgehead atoms. The molecule has 1 saturated heterocycles. The van der Waals surface area contributed by atoms with Crippen LogP contribution in [0.5, 0.6) is 11.5 Å². The zero-order valence-corrected chi connectivity index (χ0v) is 22.4. The standard InChI is InChI=1S/C26H33N5O2.HI/c1-4-27-26(29-18-20-8-5-7-19-9-6-12-28-25(19)20)30-21-10-13-31(14-11-21)22-15-23(32-2)17-24(16-22)33-3;/h5-9,12,15-17,21H,4,10-11,13-14,18H2,1-3H3,(H2,27,29,30);1H. The van der Waals surface area contributed by atoms with Gasteiger partial charge < -0.3 is 25.0 Å². The Morgan fingerprint density at radius 2 is 1.76 bits per heavy atom. The van der Waals surface area contributed by atoms with Crippen molar-refractivity contribution in [3.05, 3.63) is 60.3 Å². The minimum Gasteiger partial charge on any atom is -0.497 e. The molecule has 0 aliphatic carbocycles. The molecule has 7 nitrogen and oxygen atoms in total. The number of fused-ring (bicyclic) bond motifs is 1. The van der Waals surface area contributed by atoms with E-state index in [0.717, 1.165) is 72.1 Å². The van der Waals surface area contributed by atoms with Gasteiger partial charge in [0.05, 0.1) is 26.3 Å². The number of halogens is 1. The van der Waals surface area contributed by atoms with E-state index in [9.17, 15) is 0 Å². The molecule has 0 amide bonds. The topological polar surface area (TPSA) is 71.0 Å². The summed E-state index contributed by atoms with van der Waals surface area (Å²) < 4.78 is 10.9. The van der Waals surface area contributed by atoms with Crippen LogP contribution >= 0.6 is 24.0 Å². The maximum atomic E-state index is 5.43. The van der Waals surface area contributed by atoms with E-state index >= 15 is 0 Å². The average Bonchev–Trinajstić information content (AvgIpc) is 2.87. The van der Waals surface area contributed by atoms with Gasteiger partial charge in [0.25, 0.3) is 0 Å². The SMILES string of the molecule is CCNC(=NCc1cccc2cccnc12)NC1CCN(c2cc(OC)cc(OC)c2)CC1.I. The fourth-order valence-electron chi connectivity index (χ4n) is 4.23. The van der Waals surface area contributed by atoms with Crippen molar-refractivity contribution in [1.29, 1.82) is 0 Å². The smallest absolute Gasteiger partial charge is 0.191 e. The van der Waals surface area contributed by atoms with Crippen LogP contribution in [0.2, 0.25) is 0 Å². The van der Waals surface area contributed by atoms with Crippen molar-refractivity contribution in [3.8, 4) is 11.5 Å². The lowest BCUT2D eigenvalue weighted by Gasteiger charge is -2.34. The Morgan fingerprint density at radius 3 is 2.44 bits per heavy atom. The summed E-state index contributed by atoms with van der Waals surface area (Å²) in [7, 11) is 3.37. The maximum absolute atomic E-state index is 5.43. The van der Waals surface area contributed by atoms with Crippen molar-refractivity contribution < 1.29 is 9.47 Å². The third-order valence-corrected chi connectivity index (χ3v) is 6.01. The molecule has 0 radical (unpaired) electrons. The molecule has 4 rings (SSSR count). The third kappa shape index (κ3) is 6.43. The molecule has 1 fully saturated rings. The van der Waals surface area contributed by atoms with E-state index < -0.39 is 0 Å². The van der Waals surface area contributed by atoms with Crippen molar-refractivity contribution in [2.75, 3.05) is 38.8 Å². The largest absolute Gasteiger partial charge is 0.497 e. The van der Waals surface area contributed by atoms with Gasteiger partial charge in [0, 0.05) is 61.1 Å². The van der Waals surface area contributed by atoms with Gasteiger partial charge in [0.1, 0.15) is 11.5 Å². The van der Waals surface area contributed by atoms with Gasteiger partial charge in [0.2, 0.25) is 0 Å². The van der Waals surface area contributed by atoms with Crippen LogP contribution in [0, 0.1) is 0 Å². The van der Waals surface area contributed by atoms with Crippen LogP contribution in [-0.4, -0.2) is 50.8 Å². The first kappa shape index (κ1) is 25.9. The highest BCUT2D eigenvalue weighted by Crippen LogP contribution is 2.30. The molecule has 2 aromatic carbocycles. The molecule has 2 heterocycles. The number of hydrogen-bond acceptors (Lipinski definition) is 5. The van der Waals surface area contributed by atoms with E-state index in [1.165, 1.54) is 0 Å². The van der Waals surface area contributed by atoms with Crippen LogP contribution in [-0.2, 0) is 6.54 Å². The number of anilines is 1. The lowest BCUT2D eigenvalue weighted by Crippen LogP contribution is -2.48. The predicted molar refractivity (Wildman–Crippen MR) is 150 cm³/mol. The van der Waals surface area contributed by atoms with Gasteiger partial charge in [-0.1, -0.05) is 24.3 Å². The van der Waals surface area contributed by atoms with Crippen LogP contribution in [0.4, 0.5) is 5.69 Å². The van der Waals surface area contributed by atoms with Gasteiger partial charge in [-0.15, -0.1) is 24.0 Å². The van der Waals surface area contributed by atoms with Crippen molar-refractivity contribution in [3.63, 3.8) is 0 Å². The van der Waals surface area contributed by atoms with Crippen LogP contribution in [0.25, 0.3) is 10.9 Å². The van der Waals surface area contributed by atoms with Crippen molar-refractivity contribution in [2.45, 2.75) is 32.4 Å². The number of benzene rings is 2. The third-order valence-electron chi connectivity index (χ3n) is 6.01. The van der Waals surface area contributed by atoms with Crippen LogP contribution < -0.4 is 25.0 Å². The zero-order valence-electron chi connectivity index (χ0n) is 20.1. The summed E-state index contributed by atoms with van der Waals surface area (Å²) in [5.74, 6) is 2.48. The highest BCUT2D eigenvalue weighted by atomic mass is 127. The van der Waals surface area contributed by atoms with E-state index in [4.69, 9.17) is 14.5 Å². The first-order chi connectivity index (χ1) is 16.2. The minimum atomic E-state index is 0. The molecule has 34 heavy (non-hydrogen) atoms. The monoisotopic (exact) mass is 575 g/mol. The van der Waals surface area contributed by atoms with Crippen LogP contribution in [0.3, 0.4) is 0 Å². The Bertz CT molecular complexity index is 1070. The minimum absolute atomic E-state index is 0. The fraction of sp³-hybridized carbons (Fsp3) is 0.385. The summed E-state index contributed by atoms with van der Waals surface area (Å²) >= 11 is 0. The molecule has 8 heteroatoms. The van der Waals surface area contributed by atoms with E-state index in [0.29, 0.717) is 12.6 Å². The van der Waals surface area contributed by atoms with Gasteiger partial charge >= 0.3 is 0 Å². The number of nitrogens with zero attached hydrogens (tertiary/aromatic N) is 3. The highest BCUT2D eigenvalue weighted by molar-refractivity contribution is 14.0. The molecule has 0 atom stereocenters. The number of para-hydroxylation sites is 1. The Hall–Kier alpha value is -2.75. The Kier molecular flexibility index (Phi) is 9.62. The number of hydrogen-bond donors (Lipinski definition) is 2. The Balaban J connectivity index is 0.00000324. The van der Waals surface area contributed by atoms with E-state index in [1.54, 1.807) is 14.2 Å². The van der Waals surface area contributed by atoms with E-state index in [1.807, 2.05) is 18.3 Å². The molecule has 0 spiro atoms. The normalized spacial score (nSPS) is 14.4. The molecule has 0 unspecified atom stereocenters. The number of pyridine rings is 1. The average molecular weight is 575 g/mol. The van der Waals surface area contributed by atoms with E-state index in [2.05, 4.69) is 63.8 Å².